The van der Waals surface area contributed by atoms with Crippen molar-refractivity contribution in [2.45, 2.75) is 57.5 Å². The summed E-state index contributed by atoms with van der Waals surface area (Å²) in [7, 11) is 0. The molecule has 1 heterocycles. The second-order valence-electron chi connectivity index (χ2n) is 5.34. The van der Waals surface area contributed by atoms with Gasteiger partial charge in [-0.25, -0.2) is 4.39 Å². The van der Waals surface area contributed by atoms with E-state index >= 15 is 0 Å². The molecule has 1 saturated heterocycles. The molecule has 15 heavy (non-hydrogen) atoms. The monoisotopic (exact) mass is 213 g/mol. The van der Waals surface area contributed by atoms with Gasteiger partial charge in [0.1, 0.15) is 5.67 Å². The van der Waals surface area contributed by atoms with Crippen LogP contribution >= 0.6 is 0 Å². The van der Waals surface area contributed by atoms with E-state index in [9.17, 15) is 4.39 Å². The summed E-state index contributed by atoms with van der Waals surface area (Å²) in [5.74, 6) is 1.01. The van der Waals surface area contributed by atoms with Gasteiger partial charge >= 0.3 is 0 Å². The molecule has 2 atom stereocenters. The van der Waals surface area contributed by atoms with Gasteiger partial charge < -0.3 is 5.32 Å². The lowest BCUT2D eigenvalue weighted by atomic mass is 9.67. The smallest absolute Gasteiger partial charge is 0.116 e. The molecular formula is C13H24FN. The van der Waals surface area contributed by atoms with Gasteiger partial charge in [-0.15, -0.1) is 0 Å². The first kappa shape index (κ1) is 11.4. The summed E-state index contributed by atoms with van der Waals surface area (Å²) >= 11 is 0. The number of halogens is 1. The van der Waals surface area contributed by atoms with Crippen LogP contribution in [0, 0.1) is 11.8 Å². The largest absolute Gasteiger partial charge is 0.316 e. The molecular weight excluding hydrogens is 189 g/mol. The topological polar surface area (TPSA) is 12.0 Å². The van der Waals surface area contributed by atoms with E-state index in [0.29, 0.717) is 11.8 Å². The Hall–Kier alpha value is -0.110. The van der Waals surface area contributed by atoms with Gasteiger partial charge in [0.15, 0.2) is 0 Å². The van der Waals surface area contributed by atoms with Crippen molar-refractivity contribution >= 4 is 0 Å². The Bertz CT molecular complexity index is 199. The van der Waals surface area contributed by atoms with E-state index < -0.39 is 5.67 Å². The van der Waals surface area contributed by atoms with Crippen LogP contribution in [0.25, 0.3) is 0 Å². The van der Waals surface area contributed by atoms with E-state index in [0.717, 1.165) is 32.4 Å². The first-order valence-electron chi connectivity index (χ1n) is 6.66. The average molecular weight is 213 g/mol. The van der Waals surface area contributed by atoms with Crippen LogP contribution < -0.4 is 5.32 Å². The van der Waals surface area contributed by atoms with Gasteiger partial charge in [0.25, 0.3) is 0 Å². The summed E-state index contributed by atoms with van der Waals surface area (Å²) in [6.07, 6.45) is 7.63. The summed E-state index contributed by atoms with van der Waals surface area (Å²) < 4.78 is 14.9. The van der Waals surface area contributed by atoms with Crippen LogP contribution in [0.2, 0.25) is 0 Å². The lowest BCUT2D eigenvalue weighted by molar-refractivity contribution is -0.00747. The molecule has 2 fully saturated rings. The van der Waals surface area contributed by atoms with Gasteiger partial charge in [-0.2, -0.15) is 0 Å². The third-order valence-electron chi connectivity index (χ3n) is 4.53. The van der Waals surface area contributed by atoms with Gasteiger partial charge in [-0.3, -0.25) is 0 Å². The van der Waals surface area contributed by atoms with Gasteiger partial charge in [0, 0.05) is 0 Å². The standard InChI is InChI=1S/C13H24FN/c1-2-11-5-3-4-6-12(11)13(14)7-9-15-10-8-13/h11-12,15H,2-10H2,1H3. The molecule has 0 bridgehead atoms. The van der Waals surface area contributed by atoms with Crippen LogP contribution in [-0.4, -0.2) is 18.8 Å². The Morgan fingerprint density at radius 2 is 1.87 bits per heavy atom. The fraction of sp³-hybridized carbons (Fsp3) is 1.00. The van der Waals surface area contributed by atoms with Crippen molar-refractivity contribution < 1.29 is 4.39 Å². The lowest BCUT2D eigenvalue weighted by Gasteiger charge is -2.43. The van der Waals surface area contributed by atoms with Crippen LogP contribution in [0.5, 0.6) is 0 Å². The van der Waals surface area contributed by atoms with Crippen LogP contribution in [-0.2, 0) is 0 Å². The highest BCUT2D eigenvalue weighted by atomic mass is 19.1. The molecule has 1 saturated carbocycles. The summed E-state index contributed by atoms with van der Waals surface area (Å²) in [5, 5.41) is 3.27. The van der Waals surface area contributed by atoms with Crippen LogP contribution in [0.3, 0.4) is 0 Å². The molecule has 1 N–H and O–H groups in total. The van der Waals surface area contributed by atoms with E-state index in [1.165, 1.54) is 25.7 Å². The molecule has 0 aromatic carbocycles. The zero-order valence-electron chi connectivity index (χ0n) is 9.90. The van der Waals surface area contributed by atoms with Crippen molar-refractivity contribution in [3.8, 4) is 0 Å². The average Bonchev–Trinajstić information content (AvgIpc) is 2.30. The SMILES string of the molecule is CCC1CCCCC1C1(F)CCNCC1. The minimum absolute atomic E-state index is 0.360. The van der Waals surface area contributed by atoms with E-state index in [-0.39, 0.29) is 0 Å². The summed E-state index contributed by atoms with van der Waals surface area (Å²) in [6.45, 7) is 3.99. The van der Waals surface area contributed by atoms with Crippen LogP contribution in [0.1, 0.15) is 51.9 Å². The van der Waals surface area contributed by atoms with Gasteiger partial charge in [0.05, 0.1) is 0 Å². The van der Waals surface area contributed by atoms with Crippen molar-refractivity contribution in [3.63, 3.8) is 0 Å². The highest BCUT2D eigenvalue weighted by Gasteiger charge is 2.43. The fourth-order valence-electron chi connectivity index (χ4n) is 3.59. The second-order valence-corrected chi connectivity index (χ2v) is 5.34. The molecule has 0 radical (unpaired) electrons. The molecule has 88 valence electrons. The number of hydrogen-bond donors (Lipinski definition) is 1. The summed E-state index contributed by atoms with van der Waals surface area (Å²) in [4.78, 5) is 0. The van der Waals surface area contributed by atoms with E-state index in [2.05, 4.69) is 12.2 Å². The lowest BCUT2D eigenvalue weighted by Crippen LogP contribution is -2.47. The van der Waals surface area contributed by atoms with Crippen molar-refractivity contribution in [3.05, 3.63) is 0 Å². The maximum Gasteiger partial charge on any atom is 0.116 e. The predicted molar refractivity (Wildman–Crippen MR) is 61.7 cm³/mol. The van der Waals surface area contributed by atoms with Crippen LogP contribution in [0.4, 0.5) is 4.39 Å². The normalized spacial score (nSPS) is 36.4. The minimum Gasteiger partial charge on any atom is -0.316 e. The van der Waals surface area contributed by atoms with E-state index in [4.69, 9.17) is 0 Å². The summed E-state index contributed by atoms with van der Waals surface area (Å²) in [6, 6.07) is 0. The first-order chi connectivity index (χ1) is 7.26. The zero-order chi connectivity index (χ0) is 10.7. The Balaban J connectivity index is 2.04. The van der Waals surface area contributed by atoms with Crippen molar-refractivity contribution in [2.24, 2.45) is 11.8 Å². The quantitative estimate of drug-likeness (QED) is 0.742. The fourth-order valence-corrected chi connectivity index (χ4v) is 3.59. The number of nitrogens with one attached hydrogen (secondary N) is 1. The molecule has 0 aromatic heterocycles. The molecule has 1 aliphatic carbocycles. The predicted octanol–water partition coefficient (Wildman–Crippen LogP) is 3.29. The van der Waals surface area contributed by atoms with Crippen molar-refractivity contribution in [2.75, 3.05) is 13.1 Å². The highest BCUT2D eigenvalue weighted by molar-refractivity contribution is 4.95. The molecule has 2 aliphatic rings. The van der Waals surface area contributed by atoms with Gasteiger partial charge in [0.2, 0.25) is 0 Å². The van der Waals surface area contributed by atoms with Crippen molar-refractivity contribution in [1.29, 1.82) is 0 Å². The molecule has 0 spiro atoms. The highest BCUT2D eigenvalue weighted by Crippen LogP contribution is 2.44. The molecule has 0 aromatic rings. The van der Waals surface area contributed by atoms with Crippen LogP contribution in [0.15, 0.2) is 0 Å². The minimum atomic E-state index is -0.841. The molecule has 0 amide bonds. The Morgan fingerprint density at radius 3 is 2.53 bits per heavy atom. The number of alkyl halides is 1. The molecule has 2 rings (SSSR count). The summed E-state index contributed by atoms with van der Waals surface area (Å²) in [5.41, 5.74) is -0.841. The first-order valence-corrected chi connectivity index (χ1v) is 6.66. The molecule has 2 unspecified atom stereocenters. The molecule has 1 aliphatic heterocycles. The third kappa shape index (κ3) is 2.35. The van der Waals surface area contributed by atoms with Gasteiger partial charge in [-0.1, -0.05) is 32.6 Å². The Kier molecular flexibility index (Phi) is 3.65. The second kappa shape index (κ2) is 4.82. The van der Waals surface area contributed by atoms with Crippen molar-refractivity contribution in [1.82, 2.24) is 5.32 Å². The van der Waals surface area contributed by atoms with E-state index in [1.54, 1.807) is 0 Å². The Morgan fingerprint density at radius 1 is 1.20 bits per heavy atom. The maximum atomic E-state index is 14.9. The molecule has 2 heteroatoms. The van der Waals surface area contributed by atoms with E-state index in [1.807, 2.05) is 0 Å². The number of hydrogen-bond acceptors (Lipinski definition) is 1. The maximum absolute atomic E-state index is 14.9. The Labute approximate surface area is 92.8 Å². The number of piperidine rings is 1. The molecule has 1 nitrogen and oxygen atoms in total. The zero-order valence-corrected chi connectivity index (χ0v) is 9.90. The third-order valence-corrected chi connectivity index (χ3v) is 4.53. The van der Waals surface area contributed by atoms with Gasteiger partial charge in [-0.05, 0) is 44.2 Å². The number of rotatable bonds is 2.